The molecule has 0 amide bonds. The second kappa shape index (κ2) is 2.57. The molecule has 1 rings (SSSR count). The van der Waals surface area contributed by atoms with Gasteiger partial charge in [0.25, 0.3) is 0 Å². The van der Waals surface area contributed by atoms with Crippen molar-refractivity contribution < 1.29 is 4.39 Å². The lowest BCUT2D eigenvalue weighted by atomic mass is 10.3. The summed E-state index contributed by atoms with van der Waals surface area (Å²) in [6, 6.07) is 0. The molecule has 0 saturated carbocycles. The van der Waals surface area contributed by atoms with Gasteiger partial charge in [-0.1, -0.05) is 6.92 Å². The number of hydrogen-bond donors (Lipinski definition) is 1. The molecule has 0 radical (unpaired) electrons. The van der Waals surface area contributed by atoms with E-state index >= 15 is 0 Å². The van der Waals surface area contributed by atoms with Gasteiger partial charge in [-0.05, 0) is 6.42 Å². The summed E-state index contributed by atoms with van der Waals surface area (Å²) in [5.74, 6) is 0.317. The van der Waals surface area contributed by atoms with Crippen LogP contribution in [0.4, 0.5) is 4.39 Å². The van der Waals surface area contributed by atoms with Crippen LogP contribution in [0.5, 0.6) is 0 Å². The van der Waals surface area contributed by atoms with Crippen molar-refractivity contribution in [3.05, 3.63) is 12.2 Å². The van der Waals surface area contributed by atoms with Crippen LogP contribution in [0.15, 0.2) is 6.33 Å². The smallest absolute Gasteiger partial charge is 0.159 e. The van der Waals surface area contributed by atoms with E-state index in [0.717, 1.165) is 0 Å². The molecule has 1 N–H and O–H groups in total. The Morgan fingerprint density at radius 1 is 1.89 bits per heavy atom. The molecule has 0 aliphatic heterocycles. The minimum absolute atomic E-state index is 0.317. The van der Waals surface area contributed by atoms with E-state index in [0.29, 0.717) is 12.2 Å². The fourth-order valence-corrected chi connectivity index (χ4v) is 0.559. The third-order valence-corrected chi connectivity index (χ3v) is 1.09. The number of alkyl halides is 1. The largest absolute Gasteiger partial charge is 0.261 e. The van der Waals surface area contributed by atoms with Crippen LogP contribution in [-0.4, -0.2) is 15.2 Å². The summed E-state index contributed by atoms with van der Waals surface area (Å²) in [6.45, 7) is 1.76. The first-order chi connectivity index (χ1) is 4.34. The van der Waals surface area contributed by atoms with Crippen LogP contribution in [0, 0.1) is 0 Å². The van der Waals surface area contributed by atoms with Crippen molar-refractivity contribution in [1.29, 1.82) is 0 Å². The van der Waals surface area contributed by atoms with Crippen LogP contribution in [0.25, 0.3) is 0 Å². The SMILES string of the molecule is CCC(F)c1ncn[nH]1. The molecule has 0 aromatic carbocycles. The number of hydrogen-bond acceptors (Lipinski definition) is 2. The van der Waals surface area contributed by atoms with Crippen LogP contribution in [-0.2, 0) is 0 Å². The predicted octanol–water partition coefficient (Wildman–Crippen LogP) is 1.23. The number of halogens is 1. The molecule has 0 aliphatic carbocycles. The van der Waals surface area contributed by atoms with Gasteiger partial charge in [0.2, 0.25) is 0 Å². The van der Waals surface area contributed by atoms with Crippen molar-refractivity contribution in [3.8, 4) is 0 Å². The molecule has 50 valence electrons. The number of aromatic nitrogens is 3. The lowest BCUT2D eigenvalue weighted by molar-refractivity contribution is 0.319. The highest BCUT2D eigenvalue weighted by molar-refractivity contribution is 4.85. The van der Waals surface area contributed by atoms with Crippen LogP contribution < -0.4 is 0 Å². The van der Waals surface area contributed by atoms with Crippen molar-refractivity contribution in [3.63, 3.8) is 0 Å². The monoisotopic (exact) mass is 129 g/mol. The molecule has 0 fully saturated rings. The number of aromatic amines is 1. The van der Waals surface area contributed by atoms with E-state index in [2.05, 4.69) is 15.2 Å². The Morgan fingerprint density at radius 2 is 2.67 bits per heavy atom. The van der Waals surface area contributed by atoms with Crippen LogP contribution in [0.1, 0.15) is 25.3 Å². The fraction of sp³-hybridized carbons (Fsp3) is 0.600. The first-order valence-electron chi connectivity index (χ1n) is 2.84. The standard InChI is InChI=1S/C5H8FN3/c1-2-4(6)5-7-3-8-9-5/h3-4H,2H2,1H3,(H,7,8,9). The molecule has 1 atom stereocenters. The average Bonchev–Trinajstić information content (AvgIpc) is 2.37. The molecule has 0 aliphatic rings. The zero-order chi connectivity index (χ0) is 6.69. The predicted molar refractivity (Wildman–Crippen MR) is 30.5 cm³/mol. The average molecular weight is 129 g/mol. The fourth-order valence-electron chi connectivity index (χ4n) is 0.559. The van der Waals surface area contributed by atoms with Gasteiger partial charge in [-0.15, -0.1) is 0 Å². The number of nitrogens with zero attached hydrogens (tertiary/aromatic N) is 2. The van der Waals surface area contributed by atoms with Gasteiger partial charge in [0, 0.05) is 0 Å². The van der Waals surface area contributed by atoms with E-state index in [1.54, 1.807) is 6.92 Å². The van der Waals surface area contributed by atoms with E-state index in [4.69, 9.17) is 0 Å². The first kappa shape index (κ1) is 6.19. The molecule has 0 spiro atoms. The maximum atomic E-state index is 12.6. The number of nitrogens with one attached hydrogen (secondary N) is 1. The number of H-pyrrole nitrogens is 1. The van der Waals surface area contributed by atoms with Gasteiger partial charge >= 0.3 is 0 Å². The maximum Gasteiger partial charge on any atom is 0.159 e. The first-order valence-corrected chi connectivity index (χ1v) is 2.84. The van der Waals surface area contributed by atoms with Crippen molar-refractivity contribution in [2.24, 2.45) is 0 Å². The van der Waals surface area contributed by atoms with Gasteiger partial charge in [0.05, 0.1) is 0 Å². The topological polar surface area (TPSA) is 41.6 Å². The van der Waals surface area contributed by atoms with E-state index in [1.165, 1.54) is 6.33 Å². The highest BCUT2D eigenvalue weighted by atomic mass is 19.1. The zero-order valence-electron chi connectivity index (χ0n) is 5.13. The summed E-state index contributed by atoms with van der Waals surface area (Å²) < 4.78 is 12.6. The molecule has 3 nitrogen and oxygen atoms in total. The normalized spacial score (nSPS) is 13.6. The molecule has 4 heteroatoms. The summed E-state index contributed by atoms with van der Waals surface area (Å²) in [5.41, 5.74) is 0. The lowest BCUT2D eigenvalue weighted by Gasteiger charge is -1.96. The minimum Gasteiger partial charge on any atom is -0.261 e. The van der Waals surface area contributed by atoms with E-state index in [1.807, 2.05) is 0 Å². The lowest BCUT2D eigenvalue weighted by Crippen LogP contribution is -1.91. The Balaban J connectivity index is 2.65. The molecule has 0 bridgehead atoms. The second-order valence-electron chi connectivity index (χ2n) is 1.75. The quantitative estimate of drug-likeness (QED) is 0.652. The summed E-state index contributed by atoms with van der Waals surface area (Å²) in [7, 11) is 0. The highest BCUT2D eigenvalue weighted by Crippen LogP contribution is 2.14. The second-order valence-corrected chi connectivity index (χ2v) is 1.75. The van der Waals surface area contributed by atoms with Gasteiger partial charge in [0.1, 0.15) is 6.33 Å². The summed E-state index contributed by atoms with van der Waals surface area (Å²) in [5, 5.41) is 5.97. The van der Waals surface area contributed by atoms with Crippen LogP contribution >= 0.6 is 0 Å². The molecule has 1 aromatic rings. The van der Waals surface area contributed by atoms with Crippen molar-refractivity contribution in [1.82, 2.24) is 15.2 Å². The molecular weight excluding hydrogens is 121 g/mol. The van der Waals surface area contributed by atoms with Crippen LogP contribution in [0.3, 0.4) is 0 Å². The van der Waals surface area contributed by atoms with Gasteiger partial charge in [-0.25, -0.2) is 9.37 Å². The van der Waals surface area contributed by atoms with Crippen LogP contribution in [0.2, 0.25) is 0 Å². The van der Waals surface area contributed by atoms with Gasteiger partial charge in [-0.3, -0.25) is 5.10 Å². The molecule has 1 unspecified atom stereocenters. The molecule has 1 aromatic heterocycles. The Kier molecular flexibility index (Phi) is 1.77. The number of rotatable bonds is 2. The van der Waals surface area contributed by atoms with Crippen molar-refractivity contribution in [2.75, 3.05) is 0 Å². The molecule has 0 saturated heterocycles. The van der Waals surface area contributed by atoms with Crippen molar-refractivity contribution >= 4 is 0 Å². The highest BCUT2D eigenvalue weighted by Gasteiger charge is 2.07. The Hall–Kier alpha value is -0.930. The van der Waals surface area contributed by atoms with Gasteiger partial charge in [0.15, 0.2) is 12.0 Å². The Labute approximate surface area is 52.3 Å². The van der Waals surface area contributed by atoms with Crippen molar-refractivity contribution in [2.45, 2.75) is 19.5 Å². The van der Waals surface area contributed by atoms with Gasteiger partial charge in [-0.2, -0.15) is 5.10 Å². The van der Waals surface area contributed by atoms with Gasteiger partial charge < -0.3 is 0 Å². The molecule has 9 heavy (non-hydrogen) atoms. The summed E-state index contributed by atoms with van der Waals surface area (Å²) in [6.07, 6.45) is 0.750. The maximum absolute atomic E-state index is 12.6. The summed E-state index contributed by atoms with van der Waals surface area (Å²) >= 11 is 0. The molecular formula is C5H8FN3. The van der Waals surface area contributed by atoms with E-state index in [-0.39, 0.29) is 0 Å². The summed E-state index contributed by atoms with van der Waals surface area (Å²) in [4.78, 5) is 3.65. The minimum atomic E-state index is -0.993. The molecule has 1 heterocycles. The van der Waals surface area contributed by atoms with E-state index in [9.17, 15) is 4.39 Å². The third-order valence-electron chi connectivity index (χ3n) is 1.09. The Bertz CT molecular complexity index is 161. The van der Waals surface area contributed by atoms with E-state index < -0.39 is 6.17 Å². The third kappa shape index (κ3) is 1.25. The Morgan fingerprint density at radius 3 is 3.11 bits per heavy atom. The zero-order valence-corrected chi connectivity index (χ0v) is 5.13.